The lowest BCUT2D eigenvalue weighted by Crippen LogP contribution is -2.14. The van der Waals surface area contributed by atoms with Gasteiger partial charge in [-0.1, -0.05) is 98.8 Å². The van der Waals surface area contributed by atoms with E-state index in [0.717, 1.165) is 33.4 Å². The number of aldehydes is 1. The van der Waals surface area contributed by atoms with Crippen LogP contribution in [0.25, 0.3) is 43.8 Å². The van der Waals surface area contributed by atoms with Gasteiger partial charge < -0.3 is 0 Å². The van der Waals surface area contributed by atoms with Gasteiger partial charge in [0.2, 0.25) is 0 Å². The Bertz CT molecular complexity index is 1460. The van der Waals surface area contributed by atoms with Crippen molar-refractivity contribution in [3.8, 4) is 22.3 Å². The van der Waals surface area contributed by atoms with Crippen LogP contribution in [0.5, 0.6) is 0 Å². The summed E-state index contributed by atoms with van der Waals surface area (Å²) in [6.07, 6.45) is 0.997. The highest BCUT2D eigenvalue weighted by molar-refractivity contribution is 6.20. The highest BCUT2D eigenvalue weighted by Gasteiger charge is 2.35. The maximum absolute atomic E-state index is 12.0. The first kappa shape index (κ1) is 18.1. The summed E-state index contributed by atoms with van der Waals surface area (Å²) < 4.78 is 0. The van der Waals surface area contributed by atoms with Gasteiger partial charge in [-0.05, 0) is 61.0 Å². The molecular weight excluding hydrogens is 376 g/mol. The molecule has 31 heavy (non-hydrogen) atoms. The van der Waals surface area contributed by atoms with Crippen molar-refractivity contribution in [3.05, 3.63) is 108 Å². The highest BCUT2D eigenvalue weighted by atomic mass is 16.1. The third-order valence-corrected chi connectivity index (χ3v) is 6.96. The number of hydrogen-bond acceptors (Lipinski definition) is 1. The van der Waals surface area contributed by atoms with E-state index in [4.69, 9.17) is 0 Å². The van der Waals surface area contributed by atoms with Gasteiger partial charge in [0.25, 0.3) is 0 Å². The van der Waals surface area contributed by atoms with Crippen LogP contribution in [-0.2, 0) is 5.41 Å². The predicted octanol–water partition coefficient (Wildman–Crippen LogP) is 7.78. The van der Waals surface area contributed by atoms with Gasteiger partial charge in [-0.3, -0.25) is 4.79 Å². The summed E-state index contributed by atoms with van der Waals surface area (Å²) in [6.45, 7) is 4.63. The lowest BCUT2D eigenvalue weighted by molar-refractivity contribution is 0.112. The molecule has 0 unspecified atom stereocenters. The third kappa shape index (κ3) is 2.41. The summed E-state index contributed by atoms with van der Waals surface area (Å²) in [5, 5.41) is 4.26. The van der Waals surface area contributed by atoms with Crippen LogP contribution in [0.4, 0.5) is 0 Å². The Labute approximate surface area is 182 Å². The zero-order chi connectivity index (χ0) is 21.2. The fraction of sp³-hybridized carbons (Fsp3) is 0.100. The molecule has 1 nitrogen and oxygen atoms in total. The minimum absolute atomic E-state index is 0.0454. The molecule has 0 N–H and O–H groups in total. The van der Waals surface area contributed by atoms with Crippen molar-refractivity contribution in [2.75, 3.05) is 0 Å². The van der Waals surface area contributed by atoms with Crippen LogP contribution in [-0.4, -0.2) is 6.29 Å². The van der Waals surface area contributed by atoms with Gasteiger partial charge in [0, 0.05) is 11.0 Å². The molecule has 0 aromatic heterocycles. The summed E-state index contributed by atoms with van der Waals surface area (Å²) in [7, 11) is 0. The minimum Gasteiger partial charge on any atom is -0.298 e. The molecule has 0 spiro atoms. The number of rotatable bonds is 2. The van der Waals surface area contributed by atoms with Crippen molar-refractivity contribution in [3.63, 3.8) is 0 Å². The number of hydrogen-bond donors (Lipinski definition) is 0. The molecule has 0 saturated carbocycles. The molecule has 5 aromatic rings. The molecule has 0 radical (unpaired) electrons. The van der Waals surface area contributed by atoms with E-state index >= 15 is 0 Å². The Balaban J connectivity index is 1.72. The summed E-state index contributed by atoms with van der Waals surface area (Å²) in [4.78, 5) is 12.0. The molecule has 148 valence electrons. The molecule has 1 aliphatic rings. The fourth-order valence-corrected chi connectivity index (χ4v) is 5.46. The molecule has 0 fully saturated rings. The first-order valence-electron chi connectivity index (χ1n) is 10.7. The fourth-order valence-electron chi connectivity index (χ4n) is 5.46. The van der Waals surface area contributed by atoms with Crippen LogP contribution in [0.2, 0.25) is 0 Å². The second kappa shape index (κ2) is 6.39. The maximum Gasteiger partial charge on any atom is 0.151 e. The van der Waals surface area contributed by atoms with Crippen LogP contribution >= 0.6 is 0 Å². The van der Waals surface area contributed by atoms with Crippen LogP contribution in [0, 0.1) is 0 Å². The second-order valence-corrected chi connectivity index (χ2v) is 8.93. The Morgan fingerprint density at radius 2 is 1.16 bits per heavy atom. The van der Waals surface area contributed by atoms with Gasteiger partial charge in [0.1, 0.15) is 0 Å². The van der Waals surface area contributed by atoms with E-state index in [2.05, 4.69) is 92.7 Å². The Morgan fingerprint density at radius 1 is 0.613 bits per heavy atom. The number of fused-ring (bicyclic) bond motifs is 5. The molecule has 1 heteroatoms. The van der Waals surface area contributed by atoms with Crippen LogP contribution in [0.3, 0.4) is 0 Å². The van der Waals surface area contributed by atoms with Crippen molar-refractivity contribution in [2.45, 2.75) is 19.3 Å². The van der Waals surface area contributed by atoms with Gasteiger partial charge in [0.05, 0.1) is 0 Å². The van der Waals surface area contributed by atoms with Gasteiger partial charge in [0.15, 0.2) is 6.29 Å². The topological polar surface area (TPSA) is 17.1 Å². The summed E-state index contributed by atoms with van der Waals surface area (Å²) >= 11 is 0. The standard InChI is InChI=1S/C30H22O/c1-30(2)27-14-8-7-11-22(27)23-16-15-19(17-28(23)30)29-24-12-5-3-9-20(24)26(18-31)21-10-4-6-13-25(21)29/h3-18H,1-2H3. The normalized spacial score (nSPS) is 13.9. The van der Waals surface area contributed by atoms with E-state index in [1.165, 1.54) is 33.4 Å². The molecule has 0 atom stereocenters. The molecule has 0 amide bonds. The van der Waals surface area contributed by atoms with Crippen LogP contribution < -0.4 is 0 Å². The monoisotopic (exact) mass is 398 g/mol. The number of benzene rings is 5. The highest BCUT2D eigenvalue weighted by Crippen LogP contribution is 2.50. The Kier molecular flexibility index (Phi) is 3.73. The molecule has 0 aliphatic heterocycles. The lowest BCUT2D eigenvalue weighted by Gasteiger charge is -2.22. The van der Waals surface area contributed by atoms with Crippen molar-refractivity contribution < 1.29 is 4.79 Å². The Hall–Kier alpha value is -3.71. The number of carbonyl (C=O) groups excluding carboxylic acids is 1. The summed E-state index contributed by atoms with van der Waals surface area (Å²) in [6, 6.07) is 32.1. The SMILES string of the molecule is CC1(C)c2ccccc2-c2ccc(-c3c4ccccc4c(C=O)c4ccccc34)cc21. The molecular formula is C30H22O. The molecule has 0 bridgehead atoms. The van der Waals surface area contributed by atoms with E-state index in [9.17, 15) is 4.79 Å². The van der Waals surface area contributed by atoms with Gasteiger partial charge in [-0.25, -0.2) is 0 Å². The number of carbonyl (C=O) groups is 1. The average Bonchev–Trinajstić information content (AvgIpc) is 3.04. The van der Waals surface area contributed by atoms with Gasteiger partial charge >= 0.3 is 0 Å². The van der Waals surface area contributed by atoms with E-state index in [0.29, 0.717) is 0 Å². The largest absolute Gasteiger partial charge is 0.298 e. The van der Waals surface area contributed by atoms with Crippen molar-refractivity contribution in [1.82, 2.24) is 0 Å². The maximum atomic E-state index is 12.0. The van der Waals surface area contributed by atoms with Crippen molar-refractivity contribution >= 4 is 27.8 Å². The quantitative estimate of drug-likeness (QED) is 0.219. The lowest BCUT2D eigenvalue weighted by atomic mass is 9.81. The van der Waals surface area contributed by atoms with Gasteiger partial charge in [-0.15, -0.1) is 0 Å². The smallest absolute Gasteiger partial charge is 0.151 e. The van der Waals surface area contributed by atoms with E-state index in [1.54, 1.807) is 0 Å². The zero-order valence-electron chi connectivity index (χ0n) is 17.6. The van der Waals surface area contributed by atoms with Crippen LogP contribution in [0.15, 0.2) is 91.0 Å². The molecule has 0 saturated heterocycles. The Morgan fingerprint density at radius 3 is 1.81 bits per heavy atom. The van der Waals surface area contributed by atoms with Crippen molar-refractivity contribution in [1.29, 1.82) is 0 Å². The van der Waals surface area contributed by atoms with Crippen LogP contribution in [0.1, 0.15) is 35.3 Å². The van der Waals surface area contributed by atoms with E-state index in [1.807, 2.05) is 12.1 Å². The first-order valence-corrected chi connectivity index (χ1v) is 10.7. The minimum atomic E-state index is -0.0454. The van der Waals surface area contributed by atoms with E-state index in [-0.39, 0.29) is 5.41 Å². The first-order chi connectivity index (χ1) is 15.1. The molecule has 5 aromatic carbocycles. The van der Waals surface area contributed by atoms with Gasteiger partial charge in [-0.2, -0.15) is 0 Å². The molecule has 1 aliphatic carbocycles. The molecule has 6 rings (SSSR count). The molecule has 0 heterocycles. The van der Waals surface area contributed by atoms with E-state index < -0.39 is 0 Å². The zero-order valence-corrected chi connectivity index (χ0v) is 17.6. The third-order valence-electron chi connectivity index (χ3n) is 6.96. The average molecular weight is 399 g/mol. The predicted molar refractivity (Wildman–Crippen MR) is 130 cm³/mol. The van der Waals surface area contributed by atoms with Crippen molar-refractivity contribution in [2.24, 2.45) is 0 Å². The summed E-state index contributed by atoms with van der Waals surface area (Å²) in [5.41, 5.74) is 8.52. The second-order valence-electron chi connectivity index (χ2n) is 8.93. The summed E-state index contributed by atoms with van der Waals surface area (Å²) in [5.74, 6) is 0.